The van der Waals surface area contributed by atoms with Crippen LogP contribution in [0.1, 0.15) is 43.0 Å². The van der Waals surface area contributed by atoms with E-state index in [4.69, 9.17) is 19.0 Å². The Kier molecular flexibility index (Phi) is 6.09. The van der Waals surface area contributed by atoms with Crippen molar-refractivity contribution < 1.29 is 38.9 Å². The number of hydrogen-bond donors (Lipinski definition) is 2. The predicted octanol–water partition coefficient (Wildman–Crippen LogP) is 4.59. The van der Waals surface area contributed by atoms with Crippen LogP contribution < -0.4 is 14.2 Å². The molecule has 9 nitrogen and oxygen atoms in total. The Morgan fingerprint density at radius 1 is 1.09 bits per heavy atom. The maximum Gasteiger partial charge on any atom is 0.347 e. The molecule has 1 aliphatic rings. The van der Waals surface area contributed by atoms with Gasteiger partial charge in [-0.2, -0.15) is 0 Å². The van der Waals surface area contributed by atoms with Gasteiger partial charge in [0.25, 0.3) is 0 Å². The van der Waals surface area contributed by atoms with E-state index in [2.05, 4.69) is 5.16 Å². The lowest BCUT2D eigenvalue weighted by atomic mass is 10.0. The average Bonchev–Trinajstić information content (AvgIpc) is 2.96. The number of carboxylic acid groups (broad SMARTS) is 1. The SMILES string of the molecule is COc1cc(C(=O)O)c2c(c1C)OC(=O)c1c(C)cc(O)c(/C=N/OCc3ccccc3)c1O2. The Morgan fingerprint density at radius 3 is 2.50 bits per heavy atom. The van der Waals surface area contributed by atoms with E-state index < -0.39 is 11.9 Å². The van der Waals surface area contributed by atoms with Crippen molar-refractivity contribution in [2.24, 2.45) is 5.16 Å². The van der Waals surface area contributed by atoms with E-state index in [-0.39, 0.29) is 52.0 Å². The second-order valence-corrected chi connectivity index (χ2v) is 7.53. The van der Waals surface area contributed by atoms with Gasteiger partial charge in [0.05, 0.1) is 18.9 Å². The Hall–Kier alpha value is -4.53. The van der Waals surface area contributed by atoms with Gasteiger partial charge in [-0.05, 0) is 37.1 Å². The quantitative estimate of drug-likeness (QED) is 0.235. The number of carbonyl (C=O) groups is 2. The fourth-order valence-corrected chi connectivity index (χ4v) is 3.60. The minimum Gasteiger partial charge on any atom is -0.507 e. The molecular formula is C25H21NO8. The predicted molar refractivity (Wildman–Crippen MR) is 121 cm³/mol. The number of esters is 1. The highest BCUT2D eigenvalue weighted by atomic mass is 16.6. The topological polar surface area (TPSA) is 124 Å². The molecule has 0 atom stereocenters. The van der Waals surface area contributed by atoms with Gasteiger partial charge in [0, 0.05) is 5.56 Å². The van der Waals surface area contributed by atoms with Crippen molar-refractivity contribution in [3.05, 3.63) is 75.8 Å². The number of phenols is 1. The molecular weight excluding hydrogens is 442 g/mol. The lowest BCUT2D eigenvalue weighted by Crippen LogP contribution is -2.11. The number of aromatic hydroxyl groups is 1. The average molecular weight is 463 g/mol. The van der Waals surface area contributed by atoms with Gasteiger partial charge in [0.2, 0.25) is 0 Å². The molecule has 3 aromatic carbocycles. The van der Waals surface area contributed by atoms with Crippen LogP contribution in [-0.2, 0) is 11.4 Å². The van der Waals surface area contributed by atoms with E-state index in [1.165, 1.54) is 25.5 Å². The smallest absolute Gasteiger partial charge is 0.347 e. The second-order valence-electron chi connectivity index (χ2n) is 7.53. The number of aromatic carboxylic acids is 1. The Morgan fingerprint density at radius 2 is 1.82 bits per heavy atom. The maximum atomic E-state index is 13.1. The lowest BCUT2D eigenvalue weighted by Gasteiger charge is -2.16. The zero-order valence-corrected chi connectivity index (χ0v) is 18.6. The van der Waals surface area contributed by atoms with Gasteiger partial charge in [-0.3, -0.25) is 0 Å². The molecule has 0 saturated heterocycles. The summed E-state index contributed by atoms with van der Waals surface area (Å²) in [5.41, 5.74) is 1.41. The molecule has 0 bridgehead atoms. The van der Waals surface area contributed by atoms with Gasteiger partial charge in [-0.25, -0.2) is 9.59 Å². The van der Waals surface area contributed by atoms with E-state index >= 15 is 0 Å². The largest absolute Gasteiger partial charge is 0.507 e. The minimum absolute atomic E-state index is 0.0215. The number of ether oxygens (including phenoxy) is 3. The summed E-state index contributed by atoms with van der Waals surface area (Å²) in [5.74, 6) is -2.48. The molecule has 0 saturated carbocycles. The standard InChI is InChI=1S/C25H21NO8/c1-13-9-18(27)17(11-26-32-12-15-7-5-4-6-8-15)22-20(13)25(30)34-21-14(2)19(31-3)10-16(24(28)29)23(21)33-22/h4-11,27H,12H2,1-3H3,(H,28,29)/b26-11+. The van der Waals surface area contributed by atoms with E-state index in [9.17, 15) is 19.8 Å². The van der Waals surface area contributed by atoms with Crippen LogP contribution in [0, 0.1) is 13.8 Å². The molecule has 0 fully saturated rings. The van der Waals surface area contributed by atoms with Crippen molar-refractivity contribution in [2.45, 2.75) is 20.5 Å². The van der Waals surface area contributed by atoms with Gasteiger partial charge >= 0.3 is 11.9 Å². The van der Waals surface area contributed by atoms with Crippen molar-refractivity contribution in [1.82, 2.24) is 0 Å². The van der Waals surface area contributed by atoms with E-state index in [1.54, 1.807) is 13.8 Å². The highest BCUT2D eigenvalue weighted by Gasteiger charge is 2.33. The van der Waals surface area contributed by atoms with Crippen molar-refractivity contribution in [3.63, 3.8) is 0 Å². The molecule has 0 unspecified atom stereocenters. The third-order valence-corrected chi connectivity index (χ3v) is 5.32. The number of phenolic OH excluding ortho intramolecular Hbond substituents is 1. The molecule has 4 rings (SSSR count). The number of nitrogens with zero attached hydrogens (tertiary/aromatic N) is 1. The Balaban J connectivity index is 1.81. The molecule has 1 aliphatic heterocycles. The first-order valence-electron chi connectivity index (χ1n) is 10.2. The van der Waals surface area contributed by atoms with Crippen molar-refractivity contribution in [1.29, 1.82) is 0 Å². The van der Waals surface area contributed by atoms with E-state index in [1.807, 2.05) is 30.3 Å². The van der Waals surface area contributed by atoms with Crippen LogP contribution in [-0.4, -0.2) is 35.5 Å². The summed E-state index contributed by atoms with van der Waals surface area (Å²) in [6.45, 7) is 3.39. The van der Waals surface area contributed by atoms with E-state index in [0.29, 0.717) is 11.1 Å². The first-order valence-corrected chi connectivity index (χ1v) is 10.2. The summed E-state index contributed by atoms with van der Waals surface area (Å²) in [7, 11) is 1.38. The van der Waals surface area contributed by atoms with Crippen LogP contribution >= 0.6 is 0 Å². The number of methoxy groups -OCH3 is 1. The summed E-state index contributed by atoms with van der Waals surface area (Å²) in [6, 6.07) is 12.0. The third kappa shape index (κ3) is 4.11. The number of carbonyl (C=O) groups excluding carboxylic acids is 1. The summed E-state index contributed by atoms with van der Waals surface area (Å²) in [6.07, 6.45) is 1.20. The molecule has 0 spiro atoms. The third-order valence-electron chi connectivity index (χ3n) is 5.32. The molecule has 9 heteroatoms. The monoisotopic (exact) mass is 463 g/mol. The zero-order chi connectivity index (χ0) is 24.4. The van der Waals surface area contributed by atoms with E-state index in [0.717, 1.165) is 5.56 Å². The zero-order valence-electron chi connectivity index (χ0n) is 18.6. The van der Waals surface area contributed by atoms with Crippen LogP contribution in [0.15, 0.2) is 47.6 Å². The fourth-order valence-electron chi connectivity index (χ4n) is 3.60. The maximum absolute atomic E-state index is 13.1. The molecule has 174 valence electrons. The molecule has 0 amide bonds. The molecule has 0 radical (unpaired) electrons. The molecule has 2 N–H and O–H groups in total. The fraction of sp³-hybridized carbons (Fsp3) is 0.160. The molecule has 3 aromatic rings. The number of carboxylic acids is 1. The number of benzene rings is 3. The normalized spacial score (nSPS) is 12.3. The summed E-state index contributed by atoms with van der Waals surface area (Å²) >= 11 is 0. The van der Waals surface area contributed by atoms with Crippen LogP contribution in [0.5, 0.6) is 28.7 Å². The number of rotatable bonds is 6. The van der Waals surface area contributed by atoms with Crippen LogP contribution in [0.3, 0.4) is 0 Å². The van der Waals surface area contributed by atoms with Gasteiger partial charge in [-0.15, -0.1) is 0 Å². The highest BCUT2D eigenvalue weighted by molar-refractivity contribution is 6.03. The second kappa shape index (κ2) is 9.14. The molecule has 1 heterocycles. The van der Waals surface area contributed by atoms with Crippen LogP contribution in [0.4, 0.5) is 0 Å². The van der Waals surface area contributed by atoms with Crippen molar-refractivity contribution in [3.8, 4) is 28.7 Å². The molecule has 0 aromatic heterocycles. The number of aryl methyl sites for hydroxylation is 1. The van der Waals surface area contributed by atoms with Crippen molar-refractivity contribution in [2.75, 3.05) is 7.11 Å². The van der Waals surface area contributed by atoms with Gasteiger partial charge in [0.1, 0.15) is 29.2 Å². The molecule has 34 heavy (non-hydrogen) atoms. The van der Waals surface area contributed by atoms with Gasteiger partial charge < -0.3 is 29.3 Å². The van der Waals surface area contributed by atoms with Crippen LogP contribution in [0.2, 0.25) is 0 Å². The first kappa shape index (κ1) is 22.7. The minimum atomic E-state index is -1.31. The summed E-state index contributed by atoms with van der Waals surface area (Å²) in [4.78, 5) is 30.3. The first-order chi connectivity index (χ1) is 16.3. The molecule has 0 aliphatic carbocycles. The summed E-state index contributed by atoms with van der Waals surface area (Å²) in [5, 5.41) is 24.2. The summed E-state index contributed by atoms with van der Waals surface area (Å²) < 4.78 is 16.7. The lowest BCUT2D eigenvalue weighted by molar-refractivity contribution is 0.0685. The number of fused-ring (bicyclic) bond motifs is 2. The highest BCUT2D eigenvalue weighted by Crippen LogP contribution is 2.48. The number of hydrogen-bond acceptors (Lipinski definition) is 8. The van der Waals surface area contributed by atoms with Crippen LogP contribution in [0.25, 0.3) is 0 Å². The Labute approximate surface area is 194 Å². The number of oxime groups is 1. The van der Waals surface area contributed by atoms with Crippen molar-refractivity contribution >= 4 is 18.2 Å². The van der Waals surface area contributed by atoms with Gasteiger partial charge in [-0.1, -0.05) is 35.5 Å². The van der Waals surface area contributed by atoms with Gasteiger partial charge in [0.15, 0.2) is 17.2 Å². The Bertz CT molecular complexity index is 1310.